The number of alkyl halides is 1. The Morgan fingerprint density at radius 3 is 2.62 bits per heavy atom. The van der Waals surface area contributed by atoms with Crippen LogP contribution in [0.3, 0.4) is 0 Å². The summed E-state index contributed by atoms with van der Waals surface area (Å²) in [5, 5.41) is 2.39. The fraction of sp³-hybridized carbons (Fsp3) is 0.706. The molecule has 0 aliphatic carbocycles. The Kier molecular flexibility index (Phi) is 8.16. The summed E-state index contributed by atoms with van der Waals surface area (Å²) in [7, 11) is 0. The molecule has 0 unspecified atom stereocenters. The van der Waals surface area contributed by atoms with Gasteiger partial charge in [-0.3, -0.25) is 4.79 Å². The van der Waals surface area contributed by atoms with Gasteiger partial charge in [0.2, 0.25) is 5.91 Å². The molecular formula is C17H27ClN2O3S. The third-order valence-corrected chi connectivity index (χ3v) is 5.04. The number of esters is 1. The Balaban J connectivity index is 2.88. The van der Waals surface area contributed by atoms with Crippen molar-refractivity contribution in [3.8, 4) is 0 Å². The number of ether oxygens (including phenoxy) is 1. The quantitative estimate of drug-likeness (QED) is 0.485. The van der Waals surface area contributed by atoms with Crippen LogP contribution in [0.1, 0.15) is 56.5 Å². The number of thiazole rings is 1. The molecule has 0 spiro atoms. The van der Waals surface area contributed by atoms with E-state index in [1.807, 2.05) is 13.8 Å². The average molecular weight is 375 g/mol. The zero-order chi connectivity index (χ0) is 18.3. The highest BCUT2D eigenvalue weighted by Gasteiger charge is 2.31. The van der Waals surface area contributed by atoms with E-state index in [1.165, 1.54) is 11.3 Å². The van der Waals surface area contributed by atoms with Gasteiger partial charge in [-0.1, -0.05) is 13.8 Å². The molecule has 0 aromatic carbocycles. The summed E-state index contributed by atoms with van der Waals surface area (Å²) in [5.41, 5.74) is -0.329. The highest BCUT2D eigenvalue weighted by molar-refractivity contribution is 7.09. The zero-order valence-corrected chi connectivity index (χ0v) is 16.7. The van der Waals surface area contributed by atoms with Crippen LogP contribution >= 0.6 is 22.9 Å². The number of rotatable bonds is 9. The molecule has 0 radical (unpaired) electrons. The number of hydrogen-bond donors (Lipinski definition) is 0. The second-order valence-corrected chi connectivity index (χ2v) is 7.98. The predicted octanol–water partition coefficient (Wildman–Crippen LogP) is 3.96. The van der Waals surface area contributed by atoms with Crippen molar-refractivity contribution in [3.05, 3.63) is 16.1 Å². The van der Waals surface area contributed by atoms with E-state index < -0.39 is 11.4 Å². The van der Waals surface area contributed by atoms with Crippen molar-refractivity contribution in [3.63, 3.8) is 0 Å². The fourth-order valence-electron chi connectivity index (χ4n) is 2.00. The van der Waals surface area contributed by atoms with E-state index >= 15 is 0 Å². The highest BCUT2D eigenvalue weighted by atomic mass is 35.5. The standard InChI is InChI=1S/C17H27ClN2O3S/c1-6-23-15(21)13-10-24-14(19-13)9-20(8-7-12(2)3)16(22)17(4,5)11-18/h10,12H,6-9,11H2,1-5H3. The van der Waals surface area contributed by atoms with Gasteiger partial charge in [-0.05, 0) is 33.1 Å². The van der Waals surface area contributed by atoms with Gasteiger partial charge in [0.1, 0.15) is 5.01 Å². The molecule has 24 heavy (non-hydrogen) atoms. The van der Waals surface area contributed by atoms with Crippen LogP contribution in [0, 0.1) is 11.3 Å². The van der Waals surface area contributed by atoms with Crippen molar-refractivity contribution in [2.75, 3.05) is 19.0 Å². The molecule has 0 bridgehead atoms. The molecule has 0 saturated heterocycles. The summed E-state index contributed by atoms with van der Waals surface area (Å²) in [6.45, 7) is 11.0. The van der Waals surface area contributed by atoms with Crippen molar-refractivity contribution in [2.45, 2.75) is 47.6 Å². The minimum absolute atomic E-state index is 0.00559. The molecule has 1 rings (SSSR count). The van der Waals surface area contributed by atoms with Gasteiger partial charge in [0, 0.05) is 17.8 Å². The van der Waals surface area contributed by atoms with Crippen LogP contribution in [0.2, 0.25) is 0 Å². The van der Waals surface area contributed by atoms with Crippen molar-refractivity contribution < 1.29 is 14.3 Å². The van der Waals surface area contributed by atoms with Crippen molar-refractivity contribution in [1.82, 2.24) is 9.88 Å². The SMILES string of the molecule is CCOC(=O)c1csc(CN(CCC(C)C)C(=O)C(C)(C)CCl)n1. The minimum atomic E-state index is -0.625. The molecule has 1 heterocycles. The number of nitrogens with zero attached hydrogens (tertiary/aromatic N) is 2. The molecule has 0 atom stereocenters. The van der Waals surface area contributed by atoms with Gasteiger partial charge in [-0.25, -0.2) is 9.78 Å². The summed E-state index contributed by atoms with van der Waals surface area (Å²) >= 11 is 7.32. The molecule has 0 N–H and O–H groups in total. The Morgan fingerprint density at radius 2 is 2.08 bits per heavy atom. The average Bonchev–Trinajstić information content (AvgIpc) is 2.99. The number of halogens is 1. The van der Waals surface area contributed by atoms with E-state index in [0.29, 0.717) is 31.3 Å². The monoisotopic (exact) mass is 374 g/mol. The first-order valence-corrected chi connectivity index (χ1v) is 9.59. The largest absolute Gasteiger partial charge is 0.461 e. The molecule has 5 nitrogen and oxygen atoms in total. The summed E-state index contributed by atoms with van der Waals surface area (Å²) < 4.78 is 4.95. The molecule has 1 aromatic heterocycles. The van der Waals surface area contributed by atoms with E-state index in [4.69, 9.17) is 16.3 Å². The van der Waals surface area contributed by atoms with Crippen molar-refractivity contribution in [1.29, 1.82) is 0 Å². The molecule has 0 saturated carbocycles. The lowest BCUT2D eigenvalue weighted by Crippen LogP contribution is -2.42. The topological polar surface area (TPSA) is 59.5 Å². The molecule has 1 aromatic rings. The Bertz CT molecular complexity index is 558. The number of carbonyl (C=O) groups excluding carboxylic acids is 2. The first kappa shape index (κ1) is 20.9. The third kappa shape index (κ3) is 6.06. The van der Waals surface area contributed by atoms with Crippen molar-refractivity contribution in [2.24, 2.45) is 11.3 Å². The number of amides is 1. The van der Waals surface area contributed by atoms with Crippen LogP contribution in [0.5, 0.6) is 0 Å². The van der Waals surface area contributed by atoms with Gasteiger partial charge in [-0.2, -0.15) is 0 Å². The smallest absolute Gasteiger partial charge is 0.357 e. The van der Waals surface area contributed by atoms with E-state index in [-0.39, 0.29) is 11.8 Å². The predicted molar refractivity (Wildman–Crippen MR) is 97.4 cm³/mol. The zero-order valence-electron chi connectivity index (χ0n) is 15.1. The second-order valence-electron chi connectivity index (χ2n) is 6.77. The Labute approximate surface area is 153 Å². The van der Waals surface area contributed by atoms with E-state index in [2.05, 4.69) is 18.8 Å². The highest BCUT2D eigenvalue weighted by Crippen LogP contribution is 2.24. The lowest BCUT2D eigenvalue weighted by atomic mass is 9.94. The molecule has 0 aliphatic rings. The fourth-order valence-corrected chi connectivity index (χ4v) is 2.89. The van der Waals surface area contributed by atoms with Crippen LogP contribution in [0.15, 0.2) is 5.38 Å². The second kappa shape index (κ2) is 9.37. The first-order chi connectivity index (χ1) is 11.2. The van der Waals surface area contributed by atoms with E-state index in [9.17, 15) is 9.59 Å². The summed E-state index contributed by atoms with van der Waals surface area (Å²) in [6.07, 6.45) is 0.903. The van der Waals surface area contributed by atoms with Crippen LogP contribution in [0.25, 0.3) is 0 Å². The van der Waals surface area contributed by atoms with Gasteiger partial charge in [-0.15, -0.1) is 22.9 Å². The van der Waals surface area contributed by atoms with Crippen LogP contribution < -0.4 is 0 Å². The maximum atomic E-state index is 12.8. The number of aromatic nitrogens is 1. The van der Waals surface area contributed by atoms with Gasteiger partial charge in [0.25, 0.3) is 0 Å². The summed E-state index contributed by atoms with van der Waals surface area (Å²) in [4.78, 5) is 30.6. The van der Waals surface area contributed by atoms with Crippen molar-refractivity contribution >= 4 is 34.8 Å². The maximum Gasteiger partial charge on any atom is 0.357 e. The Morgan fingerprint density at radius 1 is 1.42 bits per heavy atom. The van der Waals surface area contributed by atoms with E-state index in [1.54, 1.807) is 17.2 Å². The first-order valence-electron chi connectivity index (χ1n) is 8.18. The normalized spacial score (nSPS) is 11.6. The number of carbonyl (C=O) groups is 2. The molecule has 7 heteroatoms. The minimum Gasteiger partial charge on any atom is -0.461 e. The van der Waals surface area contributed by atoms with Crippen LogP contribution in [-0.4, -0.2) is 40.8 Å². The van der Waals surface area contributed by atoms with E-state index in [0.717, 1.165) is 11.4 Å². The molecule has 136 valence electrons. The lowest BCUT2D eigenvalue weighted by Gasteiger charge is -2.30. The van der Waals surface area contributed by atoms with Gasteiger partial charge >= 0.3 is 5.97 Å². The van der Waals surface area contributed by atoms with Gasteiger partial charge < -0.3 is 9.64 Å². The van der Waals surface area contributed by atoms with Crippen LogP contribution in [0.4, 0.5) is 0 Å². The number of hydrogen-bond acceptors (Lipinski definition) is 5. The molecule has 0 fully saturated rings. The van der Waals surface area contributed by atoms with Crippen LogP contribution in [-0.2, 0) is 16.1 Å². The third-order valence-electron chi connectivity index (χ3n) is 3.54. The maximum absolute atomic E-state index is 12.8. The molecule has 0 aliphatic heterocycles. The molecular weight excluding hydrogens is 348 g/mol. The Hall–Kier alpha value is -1.14. The summed E-state index contributed by atoms with van der Waals surface area (Å²) in [5.74, 6) is 0.327. The molecule has 1 amide bonds. The summed E-state index contributed by atoms with van der Waals surface area (Å²) in [6, 6.07) is 0. The lowest BCUT2D eigenvalue weighted by molar-refractivity contribution is -0.140. The van der Waals surface area contributed by atoms with Gasteiger partial charge in [0.05, 0.1) is 18.6 Å². The van der Waals surface area contributed by atoms with Gasteiger partial charge in [0.15, 0.2) is 5.69 Å².